The maximum atomic E-state index is 14.3. The summed E-state index contributed by atoms with van der Waals surface area (Å²) in [5, 5.41) is 5.22. The van der Waals surface area contributed by atoms with Crippen LogP contribution in [0.3, 0.4) is 0 Å². The van der Waals surface area contributed by atoms with Crippen LogP contribution < -0.4 is 10.2 Å². The zero-order valence-electron chi connectivity index (χ0n) is 13.6. The zero-order chi connectivity index (χ0) is 18.5. The molecule has 0 bridgehead atoms. The molecule has 26 heavy (non-hydrogen) atoms. The highest BCUT2D eigenvalue weighted by molar-refractivity contribution is 7.13. The first-order valence-electron chi connectivity index (χ1n) is 7.93. The second-order valence-electron chi connectivity index (χ2n) is 6.04. The highest BCUT2D eigenvalue weighted by atomic mass is 32.1. The summed E-state index contributed by atoms with van der Waals surface area (Å²) in [5.41, 5.74) is -1.87. The Balaban J connectivity index is 1.97. The second-order valence-corrected chi connectivity index (χ2v) is 6.93. The molecule has 1 atom stereocenters. The number of hydrogen-bond acceptors (Lipinski definition) is 6. The molecule has 3 aromatic rings. The van der Waals surface area contributed by atoms with Gasteiger partial charge in [-0.05, 0) is 13.0 Å². The number of fused-ring (bicyclic) bond motifs is 1. The first-order chi connectivity index (χ1) is 12.4. The second kappa shape index (κ2) is 6.20. The molecule has 0 amide bonds. The minimum Gasteiger partial charge on any atom is -0.423 e. The maximum Gasteiger partial charge on any atom is 0.421 e. The van der Waals surface area contributed by atoms with Gasteiger partial charge in [-0.15, -0.1) is 11.3 Å². The summed E-state index contributed by atoms with van der Waals surface area (Å²) in [5.74, 6) is -1.39. The fraction of sp³-hybridized carbons (Fsp3) is 0.375. The van der Waals surface area contributed by atoms with Crippen molar-refractivity contribution in [2.45, 2.75) is 19.1 Å². The van der Waals surface area contributed by atoms with E-state index in [0.717, 1.165) is 6.07 Å². The fourth-order valence-electron chi connectivity index (χ4n) is 3.07. The highest BCUT2D eigenvalue weighted by Crippen LogP contribution is 2.42. The molecule has 1 aliphatic heterocycles. The molecule has 1 fully saturated rings. The average molecular weight is 386 g/mol. The lowest BCUT2D eigenvalue weighted by Gasteiger charge is -2.32. The van der Waals surface area contributed by atoms with Gasteiger partial charge < -0.3 is 14.6 Å². The van der Waals surface area contributed by atoms with Crippen LogP contribution in [0.25, 0.3) is 21.7 Å². The van der Waals surface area contributed by atoms with Crippen molar-refractivity contribution in [2.75, 3.05) is 24.5 Å². The van der Waals surface area contributed by atoms with E-state index in [-0.39, 0.29) is 23.2 Å². The topological polar surface area (TPSA) is 54.2 Å². The Morgan fingerprint density at radius 1 is 1.38 bits per heavy atom. The molecule has 0 unspecified atom stereocenters. The van der Waals surface area contributed by atoms with Gasteiger partial charge in [0.05, 0.1) is 5.56 Å². The number of rotatable bonds is 2. The lowest BCUT2D eigenvalue weighted by molar-refractivity contribution is -0.138. The van der Waals surface area contributed by atoms with Crippen LogP contribution in [0.1, 0.15) is 12.5 Å². The molecule has 5 nitrogen and oxygen atoms in total. The predicted octanol–water partition coefficient (Wildman–Crippen LogP) is 3.91. The van der Waals surface area contributed by atoms with Gasteiger partial charge in [0.1, 0.15) is 21.9 Å². The summed E-state index contributed by atoms with van der Waals surface area (Å²) in [6.45, 7) is 3.75. The number of nitrogens with zero attached hydrogens (tertiary/aromatic N) is 3. The van der Waals surface area contributed by atoms with Crippen molar-refractivity contribution < 1.29 is 22.0 Å². The highest BCUT2D eigenvalue weighted by Gasteiger charge is 2.40. The van der Waals surface area contributed by atoms with Gasteiger partial charge in [0.25, 0.3) is 6.01 Å². The normalized spacial score (nSPS) is 18.7. The standard InChI is InChI=1S/C16H14F4N4OS/c1-8-7-21-2-4-24(8)15-23-12-11(16(18,19)20)10(17)6-9(13(12)25-15)14-22-3-5-26-14/h3,5-6,8,21H,2,4,7H2,1H3/t8-/m0/s1. The third-order valence-electron chi connectivity index (χ3n) is 4.30. The first-order valence-corrected chi connectivity index (χ1v) is 8.81. The Morgan fingerprint density at radius 3 is 2.85 bits per heavy atom. The van der Waals surface area contributed by atoms with Crippen molar-refractivity contribution in [2.24, 2.45) is 0 Å². The van der Waals surface area contributed by atoms with E-state index in [9.17, 15) is 17.6 Å². The van der Waals surface area contributed by atoms with Crippen LogP contribution in [0.5, 0.6) is 0 Å². The maximum absolute atomic E-state index is 14.3. The monoisotopic (exact) mass is 386 g/mol. The number of thiazole rings is 1. The quantitative estimate of drug-likeness (QED) is 0.677. The molecule has 3 heterocycles. The van der Waals surface area contributed by atoms with E-state index >= 15 is 0 Å². The van der Waals surface area contributed by atoms with E-state index in [1.807, 2.05) is 6.92 Å². The Morgan fingerprint density at radius 2 is 2.19 bits per heavy atom. The molecular weight excluding hydrogens is 372 g/mol. The lowest BCUT2D eigenvalue weighted by atomic mass is 10.1. The average Bonchev–Trinajstić information content (AvgIpc) is 3.22. The minimum absolute atomic E-state index is 0.0145. The number of hydrogen-bond donors (Lipinski definition) is 1. The lowest BCUT2D eigenvalue weighted by Crippen LogP contribution is -2.50. The van der Waals surface area contributed by atoms with Crippen LogP contribution in [0, 0.1) is 5.82 Å². The SMILES string of the molecule is C[C@H]1CNCCN1c1nc2c(C(F)(F)F)c(F)cc(-c3nccs3)c2o1. The van der Waals surface area contributed by atoms with Gasteiger partial charge in [0.2, 0.25) is 0 Å². The van der Waals surface area contributed by atoms with Crippen LogP contribution in [0.15, 0.2) is 22.1 Å². The number of anilines is 1. The molecule has 4 rings (SSSR count). The summed E-state index contributed by atoms with van der Waals surface area (Å²) in [7, 11) is 0. The van der Waals surface area contributed by atoms with Crippen LogP contribution in [0.2, 0.25) is 0 Å². The number of benzene rings is 1. The molecule has 0 aliphatic carbocycles. The van der Waals surface area contributed by atoms with Gasteiger partial charge in [-0.25, -0.2) is 9.37 Å². The Hall–Kier alpha value is -2.20. The van der Waals surface area contributed by atoms with Crippen molar-refractivity contribution >= 4 is 28.5 Å². The van der Waals surface area contributed by atoms with Gasteiger partial charge >= 0.3 is 6.18 Å². The molecular formula is C16H14F4N4OS. The van der Waals surface area contributed by atoms with Gasteiger partial charge in [-0.3, -0.25) is 0 Å². The van der Waals surface area contributed by atoms with Crippen molar-refractivity contribution in [3.05, 3.63) is 29.0 Å². The first kappa shape index (κ1) is 17.2. The largest absolute Gasteiger partial charge is 0.423 e. The van der Waals surface area contributed by atoms with Gasteiger partial charge in [-0.2, -0.15) is 18.2 Å². The molecule has 1 aliphatic rings. The van der Waals surface area contributed by atoms with Crippen LogP contribution in [-0.4, -0.2) is 35.6 Å². The van der Waals surface area contributed by atoms with Gasteiger partial charge in [0, 0.05) is 37.3 Å². The van der Waals surface area contributed by atoms with Crippen molar-refractivity contribution in [1.82, 2.24) is 15.3 Å². The number of piperazine rings is 1. The number of nitrogens with one attached hydrogen (secondary N) is 1. The van der Waals surface area contributed by atoms with Crippen molar-refractivity contribution in [3.8, 4) is 10.6 Å². The molecule has 0 saturated carbocycles. The Bertz CT molecular complexity index is 938. The fourth-order valence-corrected chi connectivity index (χ4v) is 3.72. The zero-order valence-corrected chi connectivity index (χ0v) is 14.4. The van der Waals surface area contributed by atoms with Crippen molar-refractivity contribution in [1.29, 1.82) is 0 Å². The van der Waals surface area contributed by atoms with Crippen LogP contribution in [0.4, 0.5) is 23.6 Å². The van der Waals surface area contributed by atoms with E-state index in [2.05, 4.69) is 15.3 Å². The molecule has 138 valence electrons. The summed E-state index contributed by atoms with van der Waals surface area (Å²) in [4.78, 5) is 9.88. The molecule has 1 N–H and O–H groups in total. The Kier molecular flexibility index (Phi) is 4.11. The smallest absolute Gasteiger partial charge is 0.421 e. The molecule has 1 saturated heterocycles. The molecule has 0 radical (unpaired) electrons. The predicted molar refractivity (Wildman–Crippen MR) is 89.8 cm³/mol. The summed E-state index contributed by atoms with van der Waals surface area (Å²) in [6, 6.07) is 0.863. The van der Waals surface area contributed by atoms with E-state index in [1.165, 1.54) is 17.5 Å². The van der Waals surface area contributed by atoms with Crippen LogP contribution >= 0.6 is 11.3 Å². The van der Waals surface area contributed by atoms with E-state index in [0.29, 0.717) is 24.6 Å². The molecule has 10 heteroatoms. The summed E-state index contributed by atoms with van der Waals surface area (Å²) in [6.07, 6.45) is -3.38. The molecule has 2 aromatic heterocycles. The summed E-state index contributed by atoms with van der Waals surface area (Å²) < 4.78 is 60.3. The number of aromatic nitrogens is 2. The van der Waals surface area contributed by atoms with E-state index < -0.39 is 23.1 Å². The van der Waals surface area contributed by atoms with Crippen molar-refractivity contribution in [3.63, 3.8) is 0 Å². The minimum atomic E-state index is -4.88. The van der Waals surface area contributed by atoms with E-state index in [4.69, 9.17) is 4.42 Å². The number of halogens is 4. The van der Waals surface area contributed by atoms with Crippen LogP contribution in [-0.2, 0) is 6.18 Å². The van der Waals surface area contributed by atoms with E-state index in [1.54, 1.807) is 10.3 Å². The van der Waals surface area contributed by atoms with Gasteiger partial charge in [-0.1, -0.05) is 0 Å². The Labute approximate surface area is 149 Å². The number of alkyl halides is 3. The van der Waals surface area contributed by atoms with Gasteiger partial charge in [0.15, 0.2) is 5.58 Å². The number of oxazole rings is 1. The third-order valence-corrected chi connectivity index (χ3v) is 5.11. The molecule has 0 spiro atoms. The molecule has 1 aromatic carbocycles. The third kappa shape index (κ3) is 2.82. The summed E-state index contributed by atoms with van der Waals surface area (Å²) >= 11 is 1.19.